The SMILES string of the molecule is C=C[C@@H]1C[C@]1(NC(=O)[C@@H]1C[C@@H](Oc2ncc(OC)c3ccc(Cl)cc23)CN1C(=O)[C@H](Nc1cccc(C(=O)O)c1)C(C)(C)C)C(=O)NS(=O)(=O)C1CC1. The first-order valence-corrected chi connectivity index (χ1v) is 19.1. The normalized spacial score (nSPS) is 23.1. The van der Waals surface area contributed by atoms with Crippen LogP contribution in [0.1, 0.15) is 56.8 Å². The van der Waals surface area contributed by atoms with Crippen molar-refractivity contribution < 1.29 is 42.2 Å². The number of ether oxygens (including phenoxy) is 2. The Morgan fingerprint density at radius 2 is 1.87 bits per heavy atom. The average molecular weight is 768 g/mol. The number of halogens is 1. The summed E-state index contributed by atoms with van der Waals surface area (Å²) in [5, 5.41) is 16.5. The minimum absolute atomic E-state index is 0.00443. The number of hydrogen-bond acceptors (Lipinski definition) is 10. The van der Waals surface area contributed by atoms with Crippen LogP contribution in [0.2, 0.25) is 5.02 Å². The minimum Gasteiger partial charge on any atom is -0.494 e. The Morgan fingerprint density at radius 1 is 1.13 bits per heavy atom. The Bertz CT molecular complexity index is 2100. The second-order valence-electron chi connectivity index (χ2n) is 14.8. The molecule has 1 aromatic heterocycles. The van der Waals surface area contributed by atoms with Crippen molar-refractivity contribution in [3.05, 3.63) is 71.9 Å². The number of benzene rings is 2. The number of sulfonamides is 1. The van der Waals surface area contributed by atoms with Crippen LogP contribution < -0.4 is 24.8 Å². The van der Waals surface area contributed by atoms with Gasteiger partial charge in [0.15, 0.2) is 0 Å². The topological polar surface area (TPSA) is 193 Å². The van der Waals surface area contributed by atoms with Crippen LogP contribution >= 0.6 is 11.6 Å². The van der Waals surface area contributed by atoms with E-state index in [9.17, 15) is 32.7 Å². The van der Waals surface area contributed by atoms with Crippen LogP contribution in [0.4, 0.5) is 5.69 Å². The van der Waals surface area contributed by atoms with Crippen LogP contribution in [0.25, 0.3) is 10.8 Å². The fraction of sp³-hybridized carbons (Fsp3) is 0.432. The number of carboxylic acids is 1. The summed E-state index contributed by atoms with van der Waals surface area (Å²) in [5.74, 6) is -3.00. The summed E-state index contributed by atoms with van der Waals surface area (Å²) in [6.45, 7) is 9.20. The molecule has 0 radical (unpaired) electrons. The van der Waals surface area contributed by atoms with Crippen LogP contribution in [-0.4, -0.2) is 89.7 Å². The number of pyridine rings is 1. The number of rotatable bonds is 13. The zero-order valence-electron chi connectivity index (χ0n) is 29.7. The van der Waals surface area contributed by atoms with Gasteiger partial charge in [0.2, 0.25) is 27.7 Å². The lowest BCUT2D eigenvalue weighted by Gasteiger charge is -2.36. The summed E-state index contributed by atoms with van der Waals surface area (Å²) in [4.78, 5) is 60.0. The fourth-order valence-electron chi connectivity index (χ4n) is 6.70. The Balaban J connectivity index is 1.33. The van der Waals surface area contributed by atoms with Crippen molar-refractivity contribution >= 4 is 61.8 Å². The van der Waals surface area contributed by atoms with Gasteiger partial charge >= 0.3 is 5.97 Å². The Hall–Kier alpha value is -4.89. The van der Waals surface area contributed by atoms with Crippen molar-refractivity contribution in [2.75, 3.05) is 19.0 Å². The monoisotopic (exact) mass is 767 g/mol. The van der Waals surface area contributed by atoms with Crippen LogP contribution in [0.15, 0.2) is 61.3 Å². The largest absolute Gasteiger partial charge is 0.494 e. The Kier molecular flexibility index (Phi) is 10.1. The van der Waals surface area contributed by atoms with E-state index in [0.29, 0.717) is 40.1 Å². The third-order valence-corrected chi connectivity index (χ3v) is 12.0. The summed E-state index contributed by atoms with van der Waals surface area (Å²) in [6, 6.07) is 9.09. The predicted octanol–water partition coefficient (Wildman–Crippen LogP) is 4.14. The van der Waals surface area contributed by atoms with Crippen molar-refractivity contribution in [3.63, 3.8) is 0 Å². The van der Waals surface area contributed by atoms with Gasteiger partial charge in [0, 0.05) is 33.8 Å². The molecule has 53 heavy (non-hydrogen) atoms. The predicted molar refractivity (Wildman–Crippen MR) is 197 cm³/mol. The molecule has 5 atom stereocenters. The molecule has 3 aromatic rings. The number of methoxy groups -OCH3 is 1. The van der Waals surface area contributed by atoms with Gasteiger partial charge in [-0.15, -0.1) is 6.58 Å². The molecule has 2 aromatic carbocycles. The standard InChI is InChI=1S/C37H42ClN5O9S/c1-6-21-17-37(21,35(48)42-53(49,50)25-11-12-25)41-31(44)28-16-24(52-32-27-15-22(38)10-13-26(27)29(51-5)18-39-32)19-43(28)33(45)30(36(2,3)4)40-23-9-7-8-20(14-23)34(46)47/h6-10,13-15,18,21,24-25,28,30,40H,1,11-12,16-17,19H2,2-5H3,(H,41,44)(H,42,48)(H,46,47)/t21-,24-,28+,30+,37-/m1/s1. The van der Waals surface area contributed by atoms with Gasteiger partial charge in [-0.05, 0) is 61.1 Å². The van der Waals surface area contributed by atoms with Gasteiger partial charge in [-0.25, -0.2) is 18.2 Å². The molecule has 3 fully saturated rings. The van der Waals surface area contributed by atoms with Gasteiger partial charge in [0.05, 0.1) is 30.7 Å². The van der Waals surface area contributed by atoms with E-state index in [2.05, 4.69) is 26.9 Å². The maximum Gasteiger partial charge on any atom is 0.335 e. The van der Waals surface area contributed by atoms with Crippen LogP contribution in [0.3, 0.4) is 0 Å². The summed E-state index contributed by atoms with van der Waals surface area (Å²) < 4.78 is 39.4. The van der Waals surface area contributed by atoms with E-state index in [0.717, 1.165) is 0 Å². The zero-order valence-corrected chi connectivity index (χ0v) is 31.3. The highest BCUT2D eigenvalue weighted by atomic mass is 35.5. The number of hydrogen-bond donors (Lipinski definition) is 4. The molecule has 16 heteroatoms. The lowest BCUT2D eigenvalue weighted by Crippen LogP contribution is -2.58. The third kappa shape index (κ3) is 7.77. The number of aromatic nitrogens is 1. The third-order valence-electron chi connectivity index (χ3n) is 9.91. The van der Waals surface area contributed by atoms with Gasteiger partial charge in [-0.3, -0.25) is 19.1 Å². The van der Waals surface area contributed by atoms with Crippen LogP contribution in [0, 0.1) is 11.3 Å². The molecule has 0 unspecified atom stereocenters. The molecule has 1 aliphatic heterocycles. The van der Waals surface area contributed by atoms with Gasteiger partial charge in [-0.2, -0.15) is 0 Å². The number of anilines is 1. The Labute approximate surface area is 312 Å². The lowest BCUT2D eigenvalue weighted by atomic mass is 9.85. The number of carbonyl (C=O) groups excluding carboxylic acids is 3. The molecule has 3 amide bonds. The number of amides is 3. The number of nitrogens with one attached hydrogen (secondary N) is 3. The van der Waals surface area contributed by atoms with Crippen molar-refractivity contribution in [3.8, 4) is 11.6 Å². The fourth-order valence-corrected chi connectivity index (χ4v) is 8.23. The first kappa shape index (κ1) is 37.9. The smallest absolute Gasteiger partial charge is 0.335 e. The van der Waals surface area contributed by atoms with Crippen LogP contribution in [0.5, 0.6) is 11.6 Å². The molecular formula is C37H42ClN5O9S. The molecule has 2 aliphatic carbocycles. The first-order chi connectivity index (χ1) is 25.0. The number of nitrogens with zero attached hydrogens (tertiary/aromatic N) is 2. The van der Waals surface area contributed by atoms with Gasteiger partial charge < -0.3 is 30.1 Å². The van der Waals surface area contributed by atoms with Crippen molar-refractivity contribution in [2.45, 2.75) is 75.4 Å². The summed E-state index contributed by atoms with van der Waals surface area (Å²) >= 11 is 6.33. The van der Waals surface area contributed by atoms with Gasteiger partial charge in [-0.1, -0.05) is 44.5 Å². The van der Waals surface area contributed by atoms with E-state index >= 15 is 0 Å². The highest BCUT2D eigenvalue weighted by Crippen LogP contribution is 2.46. The number of aromatic carboxylic acids is 1. The average Bonchev–Trinajstić information content (AvgIpc) is 4.03. The zero-order chi connectivity index (χ0) is 38.5. The van der Waals surface area contributed by atoms with Crippen molar-refractivity contribution in [1.29, 1.82) is 0 Å². The first-order valence-electron chi connectivity index (χ1n) is 17.2. The van der Waals surface area contributed by atoms with E-state index in [1.807, 2.05) is 20.8 Å². The molecule has 282 valence electrons. The molecule has 2 saturated carbocycles. The van der Waals surface area contributed by atoms with Crippen LogP contribution in [-0.2, 0) is 24.4 Å². The maximum atomic E-state index is 14.7. The molecule has 14 nitrogen and oxygen atoms in total. The van der Waals surface area contributed by atoms with Crippen molar-refractivity contribution in [2.24, 2.45) is 11.3 Å². The van der Waals surface area contributed by atoms with E-state index in [4.69, 9.17) is 21.1 Å². The summed E-state index contributed by atoms with van der Waals surface area (Å²) in [7, 11) is -2.40. The second kappa shape index (κ2) is 14.2. The maximum absolute atomic E-state index is 14.7. The second-order valence-corrected chi connectivity index (χ2v) is 17.2. The molecule has 0 spiro atoms. The lowest BCUT2D eigenvalue weighted by molar-refractivity contribution is -0.141. The van der Waals surface area contributed by atoms with E-state index < -0.39 is 74.0 Å². The van der Waals surface area contributed by atoms with Gasteiger partial charge in [0.1, 0.15) is 29.5 Å². The van der Waals surface area contributed by atoms with E-state index in [1.165, 1.54) is 36.4 Å². The summed E-state index contributed by atoms with van der Waals surface area (Å²) in [6.07, 6.45) is 3.24. The molecule has 6 rings (SSSR count). The van der Waals surface area contributed by atoms with E-state index in [1.54, 1.807) is 30.3 Å². The molecule has 4 N–H and O–H groups in total. The number of likely N-dealkylation sites (tertiary alicyclic amines) is 1. The van der Waals surface area contributed by atoms with E-state index in [-0.39, 0.29) is 30.8 Å². The van der Waals surface area contributed by atoms with Gasteiger partial charge in [0.25, 0.3) is 5.91 Å². The number of carbonyl (C=O) groups is 4. The Morgan fingerprint density at radius 3 is 2.49 bits per heavy atom. The molecule has 3 aliphatic rings. The molecular weight excluding hydrogens is 726 g/mol. The molecule has 1 saturated heterocycles. The molecule has 0 bridgehead atoms. The summed E-state index contributed by atoms with van der Waals surface area (Å²) in [5.41, 5.74) is -1.91. The minimum atomic E-state index is -3.92. The highest BCUT2D eigenvalue weighted by molar-refractivity contribution is 7.91. The number of fused-ring (bicyclic) bond motifs is 1. The quantitative estimate of drug-likeness (QED) is 0.183. The number of carboxylic acid groups (broad SMARTS) is 1. The molecule has 2 heterocycles. The highest BCUT2D eigenvalue weighted by Gasteiger charge is 2.62. The van der Waals surface area contributed by atoms with Crippen molar-refractivity contribution in [1.82, 2.24) is 19.9 Å².